The van der Waals surface area contributed by atoms with Crippen molar-refractivity contribution in [3.05, 3.63) is 29.8 Å². The second kappa shape index (κ2) is 7.38. The second-order valence-corrected chi connectivity index (χ2v) is 6.00. The summed E-state index contributed by atoms with van der Waals surface area (Å²) in [4.78, 5) is 24.1. The van der Waals surface area contributed by atoms with E-state index in [1.807, 2.05) is 0 Å². The molecule has 0 aromatic heterocycles. The van der Waals surface area contributed by atoms with Gasteiger partial charge in [-0.25, -0.2) is 4.79 Å². The smallest absolute Gasteiger partial charge is 0.331 e. The topological polar surface area (TPSA) is 73.9 Å². The molecule has 0 unspecified atom stereocenters. The summed E-state index contributed by atoms with van der Waals surface area (Å²) < 4.78 is 15.7. The van der Waals surface area contributed by atoms with Crippen molar-refractivity contribution in [3.63, 3.8) is 0 Å². The van der Waals surface area contributed by atoms with Crippen molar-refractivity contribution in [1.29, 1.82) is 0 Å². The van der Waals surface area contributed by atoms with E-state index in [1.165, 1.54) is 12.5 Å². The third kappa shape index (κ3) is 4.07. The fourth-order valence-electron chi connectivity index (χ4n) is 2.80. The summed E-state index contributed by atoms with van der Waals surface area (Å²) in [6.07, 6.45) is 5.96. The quantitative estimate of drug-likeness (QED) is 0.677. The number of nitrogens with one attached hydrogen (secondary N) is 1. The highest BCUT2D eigenvalue weighted by molar-refractivity contribution is 5.96. The summed E-state index contributed by atoms with van der Waals surface area (Å²) >= 11 is 0. The zero-order valence-electron chi connectivity index (χ0n) is 13.7. The van der Waals surface area contributed by atoms with Crippen LogP contribution in [0.4, 0.5) is 5.69 Å². The van der Waals surface area contributed by atoms with Gasteiger partial charge in [-0.2, -0.15) is 0 Å². The Labute approximate surface area is 140 Å². The second-order valence-electron chi connectivity index (χ2n) is 6.00. The molecule has 24 heavy (non-hydrogen) atoms. The molecule has 2 aliphatic rings. The van der Waals surface area contributed by atoms with Crippen molar-refractivity contribution in [2.75, 3.05) is 12.1 Å². The maximum absolute atomic E-state index is 12.2. The average molecular weight is 331 g/mol. The maximum Gasteiger partial charge on any atom is 0.331 e. The number of amides is 1. The zero-order chi connectivity index (χ0) is 16.9. The largest absolute Gasteiger partial charge is 0.454 e. The van der Waals surface area contributed by atoms with E-state index in [0.29, 0.717) is 17.2 Å². The van der Waals surface area contributed by atoms with Crippen LogP contribution < -0.4 is 14.8 Å². The van der Waals surface area contributed by atoms with Crippen LogP contribution in [0.1, 0.15) is 39.0 Å². The van der Waals surface area contributed by atoms with Crippen molar-refractivity contribution >= 4 is 17.6 Å². The van der Waals surface area contributed by atoms with Gasteiger partial charge < -0.3 is 19.5 Å². The molecular formula is C18H21NO5. The fourth-order valence-corrected chi connectivity index (χ4v) is 2.80. The molecule has 6 heteroatoms. The number of hydrogen-bond acceptors (Lipinski definition) is 5. The van der Waals surface area contributed by atoms with Crippen LogP contribution >= 0.6 is 0 Å². The van der Waals surface area contributed by atoms with Crippen molar-refractivity contribution < 1.29 is 23.8 Å². The average Bonchev–Trinajstić information content (AvgIpc) is 3.03. The molecule has 3 rings (SSSR count). The molecule has 1 fully saturated rings. The zero-order valence-corrected chi connectivity index (χ0v) is 13.7. The maximum atomic E-state index is 12.2. The molecule has 128 valence electrons. The fraction of sp³-hybridized carbons (Fsp3) is 0.444. The minimum absolute atomic E-state index is 0.176. The van der Waals surface area contributed by atoms with E-state index >= 15 is 0 Å². The Morgan fingerprint density at radius 2 is 1.92 bits per heavy atom. The Hall–Kier alpha value is -2.50. The van der Waals surface area contributed by atoms with E-state index in [2.05, 4.69) is 5.32 Å². The predicted molar refractivity (Wildman–Crippen MR) is 87.9 cm³/mol. The highest BCUT2D eigenvalue weighted by atomic mass is 16.7. The first-order valence-electron chi connectivity index (χ1n) is 8.22. The van der Waals surface area contributed by atoms with Gasteiger partial charge in [0.05, 0.1) is 0 Å². The van der Waals surface area contributed by atoms with E-state index in [9.17, 15) is 9.59 Å². The lowest BCUT2D eigenvalue weighted by atomic mass is 9.95. The Kier molecular flexibility index (Phi) is 5.03. The Balaban J connectivity index is 1.53. The molecule has 0 bridgehead atoms. The first kappa shape index (κ1) is 16.4. The minimum Gasteiger partial charge on any atom is -0.454 e. The number of carbonyl (C=O) groups is 2. The lowest BCUT2D eigenvalue weighted by molar-refractivity contribution is -0.148. The van der Waals surface area contributed by atoms with Crippen LogP contribution in [0, 0.1) is 0 Å². The van der Waals surface area contributed by atoms with Gasteiger partial charge in [-0.3, -0.25) is 4.79 Å². The van der Waals surface area contributed by atoms with Crippen LogP contribution in [0.25, 0.3) is 0 Å². The molecule has 6 nitrogen and oxygen atoms in total. The number of allylic oxidation sites excluding steroid dienone is 1. The molecule has 1 aliphatic heterocycles. The SMILES string of the molecule is C[C@@H](OC(=O)C=C1CCCCC1)C(=O)Nc1ccc2c(c1)OCO2. The highest BCUT2D eigenvalue weighted by Gasteiger charge is 2.19. The van der Waals surface area contributed by atoms with Gasteiger partial charge in [0.15, 0.2) is 17.6 Å². The lowest BCUT2D eigenvalue weighted by Crippen LogP contribution is -2.29. The molecular weight excluding hydrogens is 310 g/mol. The van der Waals surface area contributed by atoms with E-state index < -0.39 is 12.1 Å². The highest BCUT2D eigenvalue weighted by Crippen LogP contribution is 2.34. The van der Waals surface area contributed by atoms with Gasteiger partial charge in [0.1, 0.15) is 0 Å². The molecule has 1 aliphatic carbocycles. The number of hydrogen-bond donors (Lipinski definition) is 1. The van der Waals surface area contributed by atoms with Crippen molar-refractivity contribution in [2.45, 2.75) is 45.1 Å². The predicted octanol–water partition coefficient (Wildman–Crippen LogP) is 3.18. The van der Waals surface area contributed by atoms with Gasteiger partial charge in [0, 0.05) is 17.8 Å². The molecule has 1 atom stereocenters. The van der Waals surface area contributed by atoms with Gasteiger partial charge in [-0.1, -0.05) is 12.0 Å². The van der Waals surface area contributed by atoms with Crippen LogP contribution in [-0.4, -0.2) is 24.8 Å². The summed E-state index contributed by atoms with van der Waals surface area (Å²) in [5.41, 5.74) is 1.67. The molecule has 1 amide bonds. The number of fused-ring (bicyclic) bond motifs is 1. The molecule has 0 radical (unpaired) electrons. The van der Waals surface area contributed by atoms with Crippen LogP contribution in [-0.2, 0) is 14.3 Å². The standard InChI is InChI=1S/C18H21NO5/c1-12(24-17(20)9-13-5-3-2-4-6-13)18(21)19-14-7-8-15-16(10-14)23-11-22-15/h7-10,12H,2-6,11H2,1H3,(H,19,21)/t12-/m1/s1. The molecule has 0 spiro atoms. The summed E-state index contributed by atoms with van der Waals surface area (Å²) in [5, 5.41) is 2.71. The monoisotopic (exact) mass is 331 g/mol. The number of ether oxygens (including phenoxy) is 3. The third-order valence-corrected chi connectivity index (χ3v) is 4.12. The van der Waals surface area contributed by atoms with E-state index in [0.717, 1.165) is 31.3 Å². The summed E-state index contributed by atoms with van der Waals surface area (Å²) in [5.74, 6) is 0.385. The van der Waals surface area contributed by atoms with E-state index in [-0.39, 0.29) is 12.7 Å². The molecule has 1 saturated carbocycles. The van der Waals surface area contributed by atoms with Crippen molar-refractivity contribution in [2.24, 2.45) is 0 Å². The van der Waals surface area contributed by atoms with Crippen LogP contribution in [0.15, 0.2) is 29.8 Å². The molecule has 1 N–H and O–H groups in total. The number of anilines is 1. The van der Waals surface area contributed by atoms with Crippen LogP contribution in [0.2, 0.25) is 0 Å². The number of carbonyl (C=O) groups excluding carboxylic acids is 2. The number of esters is 1. The van der Waals surface area contributed by atoms with Crippen LogP contribution in [0.5, 0.6) is 11.5 Å². The Morgan fingerprint density at radius 3 is 2.71 bits per heavy atom. The van der Waals surface area contributed by atoms with Gasteiger partial charge in [0.2, 0.25) is 6.79 Å². The molecule has 0 saturated heterocycles. The van der Waals surface area contributed by atoms with Gasteiger partial charge >= 0.3 is 5.97 Å². The third-order valence-electron chi connectivity index (χ3n) is 4.12. The lowest BCUT2D eigenvalue weighted by Gasteiger charge is -2.15. The van der Waals surface area contributed by atoms with Crippen LogP contribution in [0.3, 0.4) is 0 Å². The Morgan fingerprint density at radius 1 is 1.17 bits per heavy atom. The van der Waals surface area contributed by atoms with E-state index in [4.69, 9.17) is 14.2 Å². The van der Waals surface area contributed by atoms with Crippen molar-refractivity contribution in [3.8, 4) is 11.5 Å². The minimum atomic E-state index is -0.872. The molecule has 1 aromatic carbocycles. The number of benzene rings is 1. The summed E-state index contributed by atoms with van der Waals surface area (Å²) in [6.45, 7) is 1.73. The summed E-state index contributed by atoms with van der Waals surface area (Å²) in [6, 6.07) is 5.12. The van der Waals surface area contributed by atoms with Gasteiger partial charge in [0.25, 0.3) is 5.91 Å². The first-order valence-corrected chi connectivity index (χ1v) is 8.22. The van der Waals surface area contributed by atoms with Crippen molar-refractivity contribution in [1.82, 2.24) is 0 Å². The normalized spacial score (nSPS) is 17.1. The first-order chi connectivity index (χ1) is 11.6. The van der Waals surface area contributed by atoms with Gasteiger partial charge in [-0.15, -0.1) is 0 Å². The summed E-state index contributed by atoms with van der Waals surface area (Å²) in [7, 11) is 0. The molecule has 1 aromatic rings. The van der Waals surface area contributed by atoms with E-state index in [1.54, 1.807) is 25.1 Å². The number of rotatable bonds is 4. The van der Waals surface area contributed by atoms with Gasteiger partial charge in [-0.05, 0) is 44.7 Å². The Bertz CT molecular complexity index is 659. The molecule has 1 heterocycles.